The van der Waals surface area contributed by atoms with Crippen LogP contribution >= 0.6 is 11.3 Å². The molecule has 1 amide bonds. The van der Waals surface area contributed by atoms with Crippen LogP contribution in [0.2, 0.25) is 0 Å². The molecule has 0 radical (unpaired) electrons. The number of nitrogens with one attached hydrogen (secondary N) is 1. The van der Waals surface area contributed by atoms with Crippen molar-refractivity contribution < 1.29 is 4.79 Å². The molecule has 0 aliphatic carbocycles. The van der Waals surface area contributed by atoms with Crippen LogP contribution < -0.4 is 5.32 Å². The van der Waals surface area contributed by atoms with Gasteiger partial charge in [0.1, 0.15) is 0 Å². The fourth-order valence-corrected chi connectivity index (χ4v) is 4.26. The largest absolute Gasteiger partial charge is 0.355 e. The van der Waals surface area contributed by atoms with Crippen molar-refractivity contribution in [3.05, 3.63) is 52.0 Å². The van der Waals surface area contributed by atoms with Crippen LogP contribution in [0.25, 0.3) is 0 Å². The first-order valence-corrected chi connectivity index (χ1v) is 10.1. The molecule has 1 aromatic carbocycles. The molecule has 5 heteroatoms. The van der Waals surface area contributed by atoms with E-state index < -0.39 is 0 Å². The topological polar surface area (TPSA) is 45.2 Å². The zero-order chi connectivity index (χ0) is 17.5. The minimum absolute atomic E-state index is 0.0131. The quantitative estimate of drug-likeness (QED) is 0.771. The van der Waals surface area contributed by atoms with Gasteiger partial charge in [0.05, 0.1) is 17.2 Å². The lowest BCUT2D eigenvalue weighted by Gasteiger charge is -2.34. The normalized spacial score (nSPS) is 18.2. The van der Waals surface area contributed by atoms with Crippen molar-refractivity contribution in [2.45, 2.75) is 51.6 Å². The Hall–Kier alpha value is -1.72. The summed E-state index contributed by atoms with van der Waals surface area (Å²) in [7, 11) is 0. The number of hydrogen-bond acceptors (Lipinski definition) is 4. The molecular formula is C20H27N3OS. The van der Waals surface area contributed by atoms with Crippen molar-refractivity contribution >= 4 is 17.2 Å². The highest BCUT2D eigenvalue weighted by atomic mass is 32.1. The molecule has 0 bridgehead atoms. The molecule has 1 aromatic heterocycles. The number of hydrogen-bond donors (Lipinski definition) is 1. The Labute approximate surface area is 154 Å². The van der Waals surface area contributed by atoms with E-state index in [2.05, 4.69) is 39.5 Å². The summed E-state index contributed by atoms with van der Waals surface area (Å²) in [4.78, 5) is 20.6. The molecular weight excluding hydrogens is 330 g/mol. The highest BCUT2D eigenvalue weighted by molar-refractivity contribution is 7.09. The van der Waals surface area contributed by atoms with E-state index in [1.807, 2.05) is 18.5 Å². The summed E-state index contributed by atoms with van der Waals surface area (Å²) in [5, 5.41) is 3.15. The second-order valence-corrected chi connectivity index (χ2v) is 7.66. The minimum Gasteiger partial charge on any atom is -0.355 e. The average molecular weight is 358 g/mol. The average Bonchev–Trinajstić information content (AvgIpc) is 3.05. The number of rotatable bonds is 7. The van der Waals surface area contributed by atoms with Crippen LogP contribution in [0.4, 0.5) is 0 Å². The third-order valence-electron chi connectivity index (χ3n) is 4.87. The first kappa shape index (κ1) is 18.1. The smallest absolute Gasteiger partial charge is 0.237 e. The first-order chi connectivity index (χ1) is 12.2. The molecule has 3 rings (SSSR count). The predicted molar refractivity (Wildman–Crippen MR) is 103 cm³/mol. The maximum absolute atomic E-state index is 12.7. The Balaban J connectivity index is 1.48. The molecule has 1 saturated heterocycles. The van der Waals surface area contributed by atoms with Gasteiger partial charge in [-0.1, -0.05) is 36.8 Å². The molecule has 2 heterocycles. The molecule has 1 unspecified atom stereocenters. The molecule has 0 saturated carbocycles. The van der Waals surface area contributed by atoms with E-state index in [9.17, 15) is 4.79 Å². The third kappa shape index (κ3) is 5.13. The number of nitrogens with zero attached hydrogens (tertiary/aromatic N) is 2. The van der Waals surface area contributed by atoms with Gasteiger partial charge in [0.2, 0.25) is 5.91 Å². The van der Waals surface area contributed by atoms with Crippen molar-refractivity contribution in [3.8, 4) is 0 Å². The number of likely N-dealkylation sites (tertiary alicyclic amines) is 1. The number of aromatic nitrogens is 1. The number of amides is 1. The molecule has 134 valence electrons. The maximum atomic E-state index is 12.7. The van der Waals surface area contributed by atoms with Gasteiger partial charge in [-0.05, 0) is 44.7 Å². The van der Waals surface area contributed by atoms with Crippen LogP contribution in [0.5, 0.6) is 0 Å². The zero-order valence-electron chi connectivity index (χ0n) is 14.9. The fraction of sp³-hybridized carbons (Fsp3) is 0.500. The Morgan fingerprint density at radius 3 is 2.92 bits per heavy atom. The second kappa shape index (κ2) is 9.11. The van der Waals surface area contributed by atoms with Gasteiger partial charge in [0.25, 0.3) is 0 Å². The van der Waals surface area contributed by atoms with Crippen LogP contribution in [0.3, 0.4) is 0 Å². The van der Waals surface area contributed by atoms with Gasteiger partial charge >= 0.3 is 0 Å². The molecule has 1 N–H and O–H groups in total. The zero-order valence-corrected chi connectivity index (χ0v) is 15.7. The Morgan fingerprint density at radius 2 is 2.16 bits per heavy atom. The van der Waals surface area contributed by atoms with Gasteiger partial charge in [0.15, 0.2) is 0 Å². The van der Waals surface area contributed by atoms with E-state index in [4.69, 9.17) is 0 Å². The van der Waals surface area contributed by atoms with Gasteiger partial charge in [0, 0.05) is 18.0 Å². The van der Waals surface area contributed by atoms with Crippen LogP contribution in [0.1, 0.15) is 41.8 Å². The van der Waals surface area contributed by atoms with E-state index >= 15 is 0 Å². The van der Waals surface area contributed by atoms with E-state index in [0.717, 1.165) is 51.0 Å². The number of piperidine rings is 1. The van der Waals surface area contributed by atoms with Gasteiger partial charge in [-0.15, -0.1) is 11.3 Å². The van der Waals surface area contributed by atoms with E-state index in [1.54, 1.807) is 11.3 Å². The van der Waals surface area contributed by atoms with E-state index in [-0.39, 0.29) is 11.9 Å². The molecule has 1 fully saturated rings. The lowest BCUT2D eigenvalue weighted by molar-refractivity contribution is -0.127. The van der Waals surface area contributed by atoms with Crippen molar-refractivity contribution in [2.75, 3.05) is 13.1 Å². The number of carbonyl (C=O) groups excluding carboxylic acids is 1. The summed E-state index contributed by atoms with van der Waals surface area (Å²) < 4.78 is 0. The highest BCUT2D eigenvalue weighted by Crippen LogP contribution is 2.20. The Kier molecular flexibility index (Phi) is 6.59. The lowest BCUT2D eigenvalue weighted by Crippen LogP contribution is -2.49. The molecule has 2 aromatic rings. The van der Waals surface area contributed by atoms with Gasteiger partial charge in [-0.3, -0.25) is 9.69 Å². The lowest BCUT2D eigenvalue weighted by atomic mass is 10.0. The summed E-state index contributed by atoms with van der Waals surface area (Å²) in [6, 6.07) is 10.5. The molecule has 1 aliphatic rings. The third-order valence-corrected chi connectivity index (χ3v) is 5.86. The Bertz CT molecular complexity index is 671. The van der Waals surface area contributed by atoms with Crippen molar-refractivity contribution in [1.82, 2.24) is 15.2 Å². The van der Waals surface area contributed by atoms with Crippen molar-refractivity contribution in [3.63, 3.8) is 0 Å². The Morgan fingerprint density at radius 1 is 1.32 bits per heavy atom. The molecule has 1 aliphatic heterocycles. The maximum Gasteiger partial charge on any atom is 0.237 e. The summed E-state index contributed by atoms with van der Waals surface area (Å²) >= 11 is 1.71. The SMILES string of the molecule is Cc1ncsc1CCCNC(=O)C1CCCCN1Cc1ccccc1. The van der Waals surface area contributed by atoms with Crippen LogP contribution in [0.15, 0.2) is 35.8 Å². The molecule has 25 heavy (non-hydrogen) atoms. The van der Waals surface area contributed by atoms with E-state index in [0.29, 0.717) is 0 Å². The van der Waals surface area contributed by atoms with Crippen LogP contribution in [-0.2, 0) is 17.8 Å². The van der Waals surface area contributed by atoms with Gasteiger partial charge in [-0.2, -0.15) is 0 Å². The highest BCUT2D eigenvalue weighted by Gasteiger charge is 2.28. The fourth-order valence-electron chi connectivity index (χ4n) is 3.44. The monoisotopic (exact) mass is 357 g/mol. The summed E-state index contributed by atoms with van der Waals surface area (Å²) in [6.07, 6.45) is 5.26. The number of benzene rings is 1. The number of thiazole rings is 1. The van der Waals surface area contributed by atoms with Crippen LogP contribution in [-0.4, -0.2) is 34.9 Å². The van der Waals surface area contributed by atoms with Crippen molar-refractivity contribution in [2.24, 2.45) is 0 Å². The first-order valence-electron chi connectivity index (χ1n) is 9.18. The van der Waals surface area contributed by atoms with Gasteiger partial charge < -0.3 is 5.32 Å². The number of aryl methyl sites for hydroxylation is 2. The predicted octanol–water partition coefficient (Wildman–Crippen LogP) is 3.56. The summed E-state index contributed by atoms with van der Waals surface area (Å²) in [5.74, 6) is 0.191. The standard InChI is InChI=1S/C20H27N3OS/c1-16-19(25-15-22-16)11-7-12-21-20(24)18-10-5-6-13-23(18)14-17-8-3-2-4-9-17/h2-4,8-9,15,18H,5-7,10-14H2,1H3,(H,21,24). The minimum atomic E-state index is 0.0131. The van der Waals surface area contributed by atoms with E-state index in [1.165, 1.54) is 16.9 Å². The molecule has 0 spiro atoms. The number of carbonyl (C=O) groups is 1. The molecule has 4 nitrogen and oxygen atoms in total. The summed E-state index contributed by atoms with van der Waals surface area (Å²) in [6.45, 7) is 4.66. The summed E-state index contributed by atoms with van der Waals surface area (Å²) in [5.41, 5.74) is 4.30. The molecule has 1 atom stereocenters. The van der Waals surface area contributed by atoms with Crippen LogP contribution in [0, 0.1) is 6.92 Å². The second-order valence-electron chi connectivity index (χ2n) is 6.72. The van der Waals surface area contributed by atoms with Gasteiger partial charge in [-0.25, -0.2) is 4.98 Å². The van der Waals surface area contributed by atoms with Crippen molar-refractivity contribution in [1.29, 1.82) is 0 Å².